The molecule has 0 aromatic heterocycles. The van der Waals surface area contributed by atoms with Crippen LogP contribution in [0.4, 0.5) is 0 Å². The van der Waals surface area contributed by atoms with Gasteiger partial charge in [-0.1, -0.05) is 49.9 Å². The van der Waals surface area contributed by atoms with E-state index < -0.39 is 0 Å². The summed E-state index contributed by atoms with van der Waals surface area (Å²) in [6, 6.07) is 7.01. The lowest BCUT2D eigenvalue weighted by atomic mass is 9.97. The van der Waals surface area contributed by atoms with Crippen molar-refractivity contribution in [3.05, 3.63) is 45.5 Å². The van der Waals surface area contributed by atoms with Gasteiger partial charge in [0.15, 0.2) is 5.78 Å². The third kappa shape index (κ3) is 5.30. The number of allylic oxidation sites excluding steroid dienone is 2. The Morgan fingerprint density at radius 3 is 2.10 bits per heavy atom. The van der Waals surface area contributed by atoms with Crippen LogP contribution in [0.3, 0.4) is 0 Å². The number of hydrogen-bond acceptors (Lipinski definition) is 1. The highest BCUT2D eigenvalue weighted by atomic mass is 35.5. The maximum Gasteiger partial charge on any atom is 0.190 e. The van der Waals surface area contributed by atoms with E-state index in [4.69, 9.17) is 23.2 Å². The van der Waals surface area contributed by atoms with Gasteiger partial charge in [0, 0.05) is 21.2 Å². The van der Waals surface area contributed by atoms with E-state index in [1.807, 2.05) is 0 Å². The van der Waals surface area contributed by atoms with E-state index in [1.165, 1.54) is 0 Å². The highest BCUT2D eigenvalue weighted by molar-refractivity contribution is 6.33. The normalized spacial score (nSPS) is 12.2. The number of hydrogen-bond donors (Lipinski definition) is 0. The minimum atomic E-state index is 0.0382. The molecular formula is C17H22Cl2O. The smallest absolute Gasteiger partial charge is 0.190 e. The second kappa shape index (κ2) is 9.20. The van der Waals surface area contributed by atoms with Gasteiger partial charge in [-0.25, -0.2) is 0 Å². The van der Waals surface area contributed by atoms with Crippen molar-refractivity contribution in [2.45, 2.75) is 52.4 Å². The van der Waals surface area contributed by atoms with Crippen LogP contribution in [0.2, 0.25) is 5.02 Å². The zero-order valence-electron chi connectivity index (χ0n) is 12.2. The number of unbranched alkanes of at least 4 members (excludes halogenated alkanes) is 2. The number of halogens is 2. The number of benzene rings is 1. The van der Waals surface area contributed by atoms with E-state index in [0.29, 0.717) is 10.6 Å². The molecule has 3 heteroatoms. The maximum absolute atomic E-state index is 12.6. The minimum Gasteiger partial charge on any atom is -0.289 e. The summed E-state index contributed by atoms with van der Waals surface area (Å²) >= 11 is 12.2. The zero-order valence-corrected chi connectivity index (χ0v) is 13.7. The summed E-state index contributed by atoms with van der Waals surface area (Å²) in [6.07, 6.45) is 5.66. The summed E-state index contributed by atoms with van der Waals surface area (Å²) in [5.74, 6) is 0.0382. The SMILES string of the molecule is CCCC/C(Cl)=C(\CCCC)C(=O)c1ccc(Cl)cc1. The first-order valence-corrected chi connectivity index (χ1v) is 8.03. The van der Waals surface area contributed by atoms with Gasteiger partial charge in [0.05, 0.1) is 0 Å². The van der Waals surface area contributed by atoms with Gasteiger partial charge >= 0.3 is 0 Å². The Bertz CT molecular complexity index is 460. The molecule has 0 heterocycles. The predicted molar refractivity (Wildman–Crippen MR) is 87.7 cm³/mol. The second-order valence-electron chi connectivity index (χ2n) is 4.93. The molecule has 1 rings (SSSR count). The van der Waals surface area contributed by atoms with Crippen molar-refractivity contribution in [1.82, 2.24) is 0 Å². The Morgan fingerprint density at radius 2 is 1.55 bits per heavy atom. The first-order valence-electron chi connectivity index (χ1n) is 7.27. The van der Waals surface area contributed by atoms with Crippen molar-refractivity contribution in [3.8, 4) is 0 Å². The van der Waals surface area contributed by atoms with E-state index in [1.54, 1.807) is 24.3 Å². The van der Waals surface area contributed by atoms with E-state index >= 15 is 0 Å². The largest absolute Gasteiger partial charge is 0.289 e. The summed E-state index contributed by atoms with van der Waals surface area (Å²) in [5.41, 5.74) is 1.43. The molecule has 0 amide bonds. The van der Waals surface area contributed by atoms with Gasteiger partial charge < -0.3 is 0 Å². The average molecular weight is 313 g/mol. The molecule has 0 aliphatic heterocycles. The van der Waals surface area contributed by atoms with Crippen molar-refractivity contribution < 1.29 is 4.79 Å². The molecule has 0 spiro atoms. The number of Topliss-reactive ketones (excluding diaryl/α,β-unsaturated/α-hetero) is 1. The van der Waals surface area contributed by atoms with Crippen LogP contribution in [-0.4, -0.2) is 5.78 Å². The first kappa shape index (κ1) is 17.3. The molecule has 0 atom stereocenters. The fraction of sp³-hybridized carbons (Fsp3) is 0.471. The Hall–Kier alpha value is -0.790. The van der Waals surface area contributed by atoms with Crippen LogP contribution >= 0.6 is 23.2 Å². The van der Waals surface area contributed by atoms with Crippen LogP contribution in [0.25, 0.3) is 0 Å². The third-order valence-corrected chi connectivity index (χ3v) is 3.91. The van der Waals surface area contributed by atoms with E-state index in [9.17, 15) is 4.79 Å². The van der Waals surface area contributed by atoms with Gasteiger partial charge in [0.25, 0.3) is 0 Å². The second-order valence-corrected chi connectivity index (χ2v) is 5.82. The van der Waals surface area contributed by atoms with E-state index in [-0.39, 0.29) is 5.78 Å². The highest BCUT2D eigenvalue weighted by Crippen LogP contribution is 2.25. The van der Waals surface area contributed by atoms with Crippen molar-refractivity contribution in [1.29, 1.82) is 0 Å². The molecule has 0 N–H and O–H groups in total. The predicted octanol–water partition coefficient (Wildman–Crippen LogP) is 6.40. The number of ketones is 1. The molecule has 110 valence electrons. The summed E-state index contributed by atoms with van der Waals surface area (Å²) in [6.45, 7) is 4.24. The maximum atomic E-state index is 12.6. The molecule has 1 aromatic rings. The standard InChI is InChI=1S/C17H22Cl2O/c1-3-5-7-15(16(19)8-6-4-2)17(20)13-9-11-14(18)12-10-13/h9-12H,3-8H2,1-2H3/b16-15-. The van der Waals surface area contributed by atoms with Crippen molar-refractivity contribution in [2.24, 2.45) is 0 Å². The van der Waals surface area contributed by atoms with Gasteiger partial charge in [-0.05, 0) is 49.9 Å². The van der Waals surface area contributed by atoms with Gasteiger partial charge in [0.2, 0.25) is 0 Å². The molecule has 20 heavy (non-hydrogen) atoms. The number of rotatable bonds is 8. The summed E-state index contributed by atoms with van der Waals surface area (Å²) in [4.78, 5) is 12.6. The van der Waals surface area contributed by atoms with Gasteiger partial charge in [-0.15, -0.1) is 0 Å². The fourth-order valence-electron chi connectivity index (χ4n) is 1.98. The lowest BCUT2D eigenvalue weighted by Crippen LogP contribution is -2.06. The van der Waals surface area contributed by atoms with Crippen LogP contribution in [0, 0.1) is 0 Å². The monoisotopic (exact) mass is 312 g/mol. The van der Waals surface area contributed by atoms with Crippen LogP contribution in [0.15, 0.2) is 34.9 Å². The number of carbonyl (C=O) groups is 1. The average Bonchev–Trinajstić information content (AvgIpc) is 2.46. The molecule has 0 unspecified atom stereocenters. The molecule has 0 radical (unpaired) electrons. The molecule has 1 aromatic carbocycles. The van der Waals surface area contributed by atoms with Crippen molar-refractivity contribution >= 4 is 29.0 Å². The Labute approximate surface area is 132 Å². The quantitative estimate of drug-likeness (QED) is 0.401. The Kier molecular flexibility index (Phi) is 7.94. The van der Waals surface area contributed by atoms with E-state index in [0.717, 1.165) is 49.1 Å². The molecule has 1 nitrogen and oxygen atoms in total. The molecule has 0 aliphatic rings. The lowest BCUT2D eigenvalue weighted by molar-refractivity contribution is 0.102. The minimum absolute atomic E-state index is 0.0382. The molecule has 0 bridgehead atoms. The molecule has 0 fully saturated rings. The Balaban J connectivity index is 2.97. The topological polar surface area (TPSA) is 17.1 Å². The zero-order chi connectivity index (χ0) is 15.0. The van der Waals surface area contributed by atoms with Crippen molar-refractivity contribution in [3.63, 3.8) is 0 Å². The summed E-state index contributed by atoms with van der Waals surface area (Å²) < 4.78 is 0. The van der Waals surface area contributed by atoms with Gasteiger partial charge in [-0.2, -0.15) is 0 Å². The molecule has 0 aliphatic carbocycles. The molecular weight excluding hydrogens is 291 g/mol. The Morgan fingerprint density at radius 1 is 1.00 bits per heavy atom. The van der Waals surface area contributed by atoms with Crippen molar-refractivity contribution in [2.75, 3.05) is 0 Å². The van der Waals surface area contributed by atoms with Crippen LogP contribution < -0.4 is 0 Å². The summed E-state index contributed by atoms with van der Waals surface area (Å²) in [5, 5.41) is 1.36. The van der Waals surface area contributed by atoms with Crippen LogP contribution in [-0.2, 0) is 0 Å². The van der Waals surface area contributed by atoms with E-state index in [2.05, 4.69) is 13.8 Å². The number of carbonyl (C=O) groups excluding carboxylic acids is 1. The van der Waals surface area contributed by atoms with Gasteiger partial charge in [-0.3, -0.25) is 4.79 Å². The highest BCUT2D eigenvalue weighted by Gasteiger charge is 2.15. The molecule has 0 saturated carbocycles. The van der Waals surface area contributed by atoms with Crippen LogP contribution in [0.1, 0.15) is 62.7 Å². The molecule has 0 saturated heterocycles. The fourth-order valence-corrected chi connectivity index (χ4v) is 2.42. The van der Waals surface area contributed by atoms with Crippen LogP contribution in [0.5, 0.6) is 0 Å². The summed E-state index contributed by atoms with van der Waals surface area (Å²) in [7, 11) is 0. The van der Waals surface area contributed by atoms with Gasteiger partial charge in [0.1, 0.15) is 0 Å². The lowest BCUT2D eigenvalue weighted by Gasteiger charge is -2.10. The third-order valence-electron chi connectivity index (χ3n) is 3.24. The first-order chi connectivity index (χ1) is 9.60.